The smallest absolute Gasteiger partial charge is 0.314 e. The van der Waals surface area contributed by atoms with Gasteiger partial charge >= 0.3 is 12.1 Å². The zero-order valence-corrected chi connectivity index (χ0v) is 9.03. The Hall–Kier alpha value is -1.46. The van der Waals surface area contributed by atoms with Crippen LogP contribution in [-0.4, -0.2) is 35.3 Å². The number of nitrogens with one attached hydrogen (secondary N) is 3. The van der Waals surface area contributed by atoms with Gasteiger partial charge in [-0.25, -0.2) is 9.59 Å². The Kier molecular flexibility index (Phi) is 2.15. The van der Waals surface area contributed by atoms with Gasteiger partial charge in [0.1, 0.15) is 12.3 Å². The predicted octanol–water partition coefficient (Wildman–Crippen LogP) is 0.309. The van der Waals surface area contributed by atoms with Crippen LogP contribution in [0, 0.1) is 0 Å². The summed E-state index contributed by atoms with van der Waals surface area (Å²) in [6, 6.07) is 0.0224. The van der Waals surface area contributed by atoms with Gasteiger partial charge in [-0.2, -0.15) is 0 Å². The van der Waals surface area contributed by atoms with Gasteiger partial charge < -0.3 is 16.0 Å². The van der Waals surface area contributed by atoms with E-state index in [2.05, 4.69) is 16.0 Å². The Bertz CT molecular complexity index is 327. The standard InChI is InChI=1S/C10H16N4O2/c15-9-11-7-8(13-9)14(10(16)12-7)6-4-2-1-3-5-6/h6-8H,1-5H2,(H,12,16)(H2,11,13,15)/t7-,8+/m0/s1. The van der Waals surface area contributed by atoms with E-state index in [0.29, 0.717) is 0 Å². The maximum Gasteiger partial charge on any atom is 0.321 e. The van der Waals surface area contributed by atoms with Crippen LogP contribution in [-0.2, 0) is 0 Å². The third-order valence-electron chi connectivity index (χ3n) is 3.66. The first-order chi connectivity index (χ1) is 7.75. The maximum atomic E-state index is 11.8. The molecule has 0 unspecified atom stereocenters. The van der Waals surface area contributed by atoms with Crippen LogP contribution in [0.1, 0.15) is 32.1 Å². The SMILES string of the molecule is O=C1N[C@H]2NC(=O)N(C3CCCCC3)[C@H]2N1. The van der Waals surface area contributed by atoms with Gasteiger partial charge in [-0.1, -0.05) is 19.3 Å². The van der Waals surface area contributed by atoms with Crippen molar-refractivity contribution in [3.8, 4) is 0 Å². The second-order valence-corrected chi connectivity index (χ2v) is 4.69. The van der Waals surface area contributed by atoms with E-state index in [9.17, 15) is 9.59 Å². The van der Waals surface area contributed by atoms with Crippen molar-refractivity contribution in [3.63, 3.8) is 0 Å². The monoisotopic (exact) mass is 224 g/mol. The van der Waals surface area contributed by atoms with Gasteiger partial charge in [0.2, 0.25) is 0 Å². The van der Waals surface area contributed by atoms with E-state index in [1.807, 2.05) is 4.90 Å². The first kappa shape index (κ1) is 9.74. The fourth-order valence-corrected chi connectivity index (χ4v) is 2.91. The lowest BCUT2D eigenvalue weighted by atomic mass is 9.94. The van der Waals surface area contributed by atoms with E-state index in [4.69, 9.17) is 0 Å². The molecule has 0 aromatic heterocycles. The molecule has 1 saturated carbocycles. The summed E-state index contributed by atoms with van der Waals surface area (Å²) in [6.07, 6.45) is 5.23. The summed E-state index contributed by atoms with van der Waals surface area (Å²) in [5.41, 5.74) is 0. The molecule has 1 aliphatic carbocycles. The zero-order valence-electron chi connectivity index (χ0n) is 9.03. The van der Waals surface area contributed by atoms with Crippen molar-refractivity contribution in [2.75, 3.05) is 0 Å². The topological polar surface area (TPSA) is 73.5 Å². The Labute approximate surface area is 93.7 Å². The van der Waals surface area contributed by atoms with E-state index in [1.54, 1.807) is 0 Å². The van der Waals surface area contributed by atoms with Crippen molar-refractivity contribution in [1.29, 1.82) is 0 Å². The third-order valence-corrected chi connectivity index (χ3v) is 3.66. The molecule has 6 nitrogen and oxygen atoms in total. The molecule has 0 radical (unpaired) electrons. The van der Waals surface area contributed by atoms with Gasteiger partial charge in [-0.05, 0) is 12.8 Å². The molecule has 0 aromatic carbocycles. The average Bonchev–Trinajstić information content (AvgIpc) is 2.74. The minimum absolute atomic E-state index is 0.0607. The number of carbonyl (C=O) groups excluding carboxylic acids is 2. The van der Waals surface area contributed by atoms with Crippen molar-refractivity contribution in [2.24, 2.45) is 0 Å². The molecule has 3 rings (SSSR count). The van der Waals surface area contributed by atoms with Crippen LogP contribution in [0.4, 0.5) is 9.59 Å². The number of rotatable bonds is 1. The summed E-state index contributed by atoms with van der Waals surface area (Å²) < 4.78 is 0. The number of urea groups is 2. The van der Waals surface area contributed by atoms with E-state index >= 15 is 0 Å². The largest absolute Gasteiger partial charge is 0.321 e. The van der Waals surface area contributed by atoms with E-state index in [1.165, 1.54) is 19.3 Å². The Morgan fingerprint density at radius 3 is 2.50 bits per heavy atom. The molecule has 2 saturated heterocycles. The first-order valence-electron chi connectivity index (χ1n) is 5.91. The summed E-state index contributed by atoms with van der Waals surface area (Å²) in [5.74, 6) is 0. The highest BCUT2D eigenvalue weighted by atomic mass is 16.2. The lowest BCUT2D eigenvalue weighted by Crippen LogP contribution is -2.49. The molecule has 2 heterocycles. The quantitative estimate of drug-likeness (QED) is 0.599. The van der Waals surface area contributed by atoms with E-state index in [0.717, 1.165) is 12.8 Å². The number of fused-ring (bicyclic) bond motifs is 1. The zero-order chi connectivity index (χ0) is 11.1. The Morgan fingerprint density at radius 1 is 1.00 bits per heavy atom. The number of carbonyl (C=O) groups is 2. The van der Waals surface area contributed by atoms with E-state index in [-0.39, 0.29) is 30.4 Å². The van der Waals surface area contributed by atoms with Crippen molar-refractivity contribution >= 4 is 12.1 Å². The minimum Gasteiger partial charge on any atom is -0.314 e. The highest BCUT2D eigenvalue weighted by molar-refractivity contribution is 5.85. The third kappa shape index (κ3) is 1.40. The summed E-state index contributed by atoms with van der Waals surface area (Å²) in [6.45, 7) is 0. The Balaban J connectivity index is 1.77. The summed E-state index contributed by atoms with van der Waals surface area (Å²) in [7, 11) is 0. The molecule has 2 aliphatic heterocycles. The molecule has 16 heavy (non-hydrogen) atoms. The molecule has 6 heteroatoms. The average molecular weight is 224 g/mol. The van der Waals surface area contributed by atoms with Crippen molar-refractivity contribution in [3.05, 3.63) is 0 Å². The lowest BCUT2D eigenvalue weighted by Gasteiger charge is -2.33. The highest BCUT2D eigenvalue weighted by Crippen LogP contribution is 2.27. The van der Waals surface area contributed by atoms with Crippen LogP contribution >= 0.6 is 0 Å². The normalized spacial score (nSPS) is 34.4. The molecular weight excluding hydrogens is 208 g/mol. The predicted molar refractivity (Wildman–Crippen MR) is 56.5 cm³/mol. The van der Waals surface area contributed by atoms with E-state index < -0.39 is 0 Å². The van der Waals surface area contributed by atoms with Gasteiger partial charge in [0.05, 0.1) is 0 Å². The molecule has 2 atom stereocenters. The fraction of sp³-hybridized carbons (Fsp3) is 0.800. The van der Waals surface area contributed by atoms with Crippen LogP contribution in [0.5, 0.6) is 0 Å². The Morgan fingerprint density at radius 2 is 1.75 bits per heavy atom. The van der Waals surface area contributed by atoms with Crippen molar-refractivity contribution in [1.82, 2.24) is 20.9 Å². The van der Waals surface area contributed by atoms with Gasteiger partial charge in [0, 0.05) is 6.04 Å². The summed E-state index contributed by atoms with van der Waals surface area (Å²) >= 11 is 0. The van der Waals surface area contributed by atoms with Crippen LogP contribution in [0.3, 0.4) is 0 Å². The molecule has 0 aromatic rings. The second kappa shape index (κ2) is 3.54. The maximum absolute atomic E-state index is 11.8. The molecule has 88 valence electrons. The molecule has 3 fully saturated rings. The van der Waals surface area contributed by atoms with Gasteiger partial charge in [-0.3, -0.25) is 4.90 Å². The van der Waals surface area contributed by atoms with Crippen LogP contribution in [0.25, 0.3) is 0 Å². The summed E-state index contributed by atoms with van der Waals surface area (Å²) in [4.78, 5) is 24.8. The molecular formula is C10H16N4O2. The van der Waals surface area contributed by atoms with Crippen LogP contribution < -0.4 is 16.0 Å². The van der Waals surface area contributed by atoms with Crippen LogP contribution in [0.15, 0.2) is 0 Å². The number of hydrogen-bond donors (Lipinski definition) is 3. The molecule has 4 amide bonds. The van der Waals surface area contributed by atoms with Crippen molar-refractivity contribution < 1.29 is 9.59 Å². The lowest BCUT2D eigenvalue weighted by molar-refractivity contribution is 0.143. The van der Waals surface area contributed by atoms with Gasteiger partial charge in [0.15, 0.2) is 0 Å². The number of hydrogen-bond acceptors (Lipinski definition) is 2. The molecule has 0 spiro atoms. The number of amides is 4. The highest BCUT2D eigenvalue weighted by Gasteiger charge is 2.48. The molecule has 3 aliphatic rings. The summed E-state index contributed by atoms with van der Waals surface area (Å²) in [5, 5.41) is 8.26. The first-order valence-corrected chi connectivity index (χ1v) is 5.91. The van der Waals surface area contributed by atoms with Gasteiger partial charge in [-0.15, -0.1) is 0 Å². The second-order valence-electron chi connectivity index (χ2n) is 4.69. The molecule has 0 bridgehead atoms. The van der Waals surface area contributed by atoms with Gasteiger partial charge in [0.25, 0.3) is 0 Å². The fourth-order valence-electron chi connectivity index (χ4n) is 2.91. The molecule has 3 N–H and O–H groups in total. The van der Waals surface area contributed by atoms with Crippen LogP contribution in [0.2, 0.25) is 0 Å². The number of nitrogens with zero attached hydrogens (tertiary/aromatic N) is 1. The minimum atomic E-state index is -0.262. The van der Waals surface area contributed by atoms with Crippen molar-refractivity contribution in [2.45, 2.75) is 50.5 Å².